The zero-order valence-electron chi connectivity index (χ0n) is 16.8. The Balaban J connectivity index is 2.17. The molecule has 3 rings (SSSR count). The molecule has 0 N–H and O–H groups in total. The molecule has 29 heavy (non-hydrogen) atoms. The van der Waals surface area contributed by atoms with Gasteiger partial charge in [0.15, 0.2) is 0 Å². The molecule has 0 fully saturated rings. The van der Waals surface area contributed by atoms with Gasteiger partial charge in [0.1, 0.15) is 11.5 Å². The molecular weight excluding hydrogens is 432 g/mol. The fraction of sp³-hybridized carbons (Fsp3) is 0.333. The predicted molar refractivity (Wildman–Crippen MR) is 119 cm³/mol. The van der Waals surface area contributed by atoms with Crippen LogP contribution in [0.2, 0.25) is 0 Å². The molecule has 152 valence electrons. The molecule has 5 heteroatoms. The Kier molecular flexibility index (Phi) is 7.26. The van der Waals surface area contributed by atoms with Crippen LogP contribution in [0.3, 0.4) is 0 Å². The number of unbranched alkanes of at least 4 members (excludes halogenated alkanes) is 2. The van der Waals surface area contributed by atoms with Crippen molar-refractivity contribution in [2.75, 3.05) is 0 Å². The van der Waals surface area contributed by atoms with Crippen molar-refractivity contribution in [2.24, 2.45) is 0 Å². The molecule has 4 nitrogen and oxygen atoms in total. The molecular formula is C24H25BrO4. The minimum Gasteiger partial charge on any atom is -0.425 e. The van der Waals surface area contributed by atoms with Gasteiger partial charge in [-0.25, -0.2) is 0 Å². The predicted octanol–water partition coefficient (Wildman–Crippen LogP) is 6.95. The molecule has 0 aromatic heterocycles. The van der Waals surface area contributed by atoms with E-state index in [0.717, 1.165) is 51.7 Å². The van der Waals surface area contributed by atoms with E-state index in [2.05, 4.69) is 15.9 Å². The van der Waals surface area contributed by atoms with E-state index in [1.54, 1.807) is 0 Å². The second-order valence-corrected chi connectivity index (χ2v) is 7.96. The number of esters is 2. The summed E-state index contributed by atoms with van der Waals surface area (Å²) in [6, 6.07) is 13.2. The standard InChI is InChI=1S/C24H25BrO4/c1-3-5-11-21(26)28-23-17-9-7-8-10-18(17)24(29-22(27)12-6-4-2)20-15-16(25)13-14-19(20)23/h7-10,13-15H,3-6,11-12H2,1-2H3. The molecule has 0 aliphatic heterocycles. The normalized spacial score (nSPS) is 11.0. The van der Waals surface area contributed by atoms with E-state index in [1.807, 2.05) is 56.3 Å². The number of hydrogen-bond acceptors (Lipinski definition) is 4. The second-order valence-electron chi connectivity index (χ2n) is 7.05. The molecule has 0 aliphatic carbocycles. The third-order valence-corrected chi connectivity index (χ3v) is 5.28. The lowest BCUT2D eigenvalue weighted by molar-refractivity contribution is -0.135. The number of carbonyl (C=O) groups excluding carboxylic acids is 2. The van der Waals surface area contributed by atoms with Crippen molar-refractivity contribution in [1.29, 1.82) is 0 Å². The molecule has 0 bridgehead atoms. The Morgan fingerprint density at radius 1 is 0.759 bits per heavy atom. The van der Waals surface area contributed by atoms with Crippen molar-refractivity contribution >= 4 is 49.4 Å². The Bertz CT molecular complexity index is 1040. The van der Waals surface area contributed by atoms with E-state index < -0.39 is 0 Å². The first-order chi connectivity index (χ1) is 14.0. The first kappa shape index (κ1) is 21.3. The topological polar surface area (TPSA) is 52.6 Å². The van der Waals surface area contributed by atoms with Crippen LogP contribution in [0.5, 0.6) is 11.5 Å². The minimum absolute atomic E-state index is 0.256. The maximum Gasteiger partial charge on any atom is 0.311 e. The lowest BCUT2D eigenvalue weighted by Gasteiger charge is -2.16. The van der Waals surface area contributed by atoms with Gasteiger partial charge in [-0.3, -0.25) is 9.59 Å². The van der Waals surface area contributed by atoms with Crippen molar-refractivity contribution < 1.29 is 19.1 Å². The van der Waals surface area contributed by atoms with E-state index in [9.17, 15) is 9.59 Å². The summed E-state index contributed by atoms with van der Waals surface area (Å²) < 4.78 is 12.5. The lowest BCUT2D eigenvalue weighted by Crippen LogP contribution is -2.10. The highest BCUT2D eigenvalue weighted by atomic mass is 79.9. The summed E-state index contributed by atoms with van der Waals surface area (Å²) in [5, 5.41) is 2.99. The number of rotatable bonds is 8. The van der Waals surface area contributed by atoms with Gasteiger partial charge < -0.3 is 9.47 Å². The summed E-state index contributed by atoms with van der Waals surface area (Å²) in [7, 11) is 0. The minimum atomic E-state index is -0.258. The van der Waals surface area contributed by atoms with Crippen LogP contribution >= 0.6 is 15.9 Å². The SMILES string of the molecule is CCCCC(=O)Oc1c2ccccc2c(OC(=O)CCCC)c2cc(Br)ccc12. The molecule has 0 aliphatic rings. The van der Waals surface area contributed by atoms with E-state index in [0.29, 0.717) is 24.3 Å². The van der Waals surface area contributed by atoms with E-state index in [-0.39, 0.29) is 11.9 Å². The summed E-state index contributed by atoms with van der Waals surface area (Å²) in [5.74, 6) is 0.504. The third kappa shape index (κ3) is 4.96. The van der Waals surface area contributed by atoms with Crippen molar-refractivity contribution in [3.8, 4) is 11.5 Å². The lowest BCUT2D eigenvalue weighted by atomic mass is 10.0. The highest BCUT2D eigenvalue weighted by Gasteiger charge is 2.20. The maximum absolute atomic E-state index is 12.4. The van der Waals surface area contributed by atoms with Crippen LogP contribution in [0.4, 0.5) is 0 Å². The Labute approximate surface area is 179 Å². The molecule has 0 heterocycles. The number of ether oxygens (including phenoxy) is 2. The molecule has 0 saturated carbocycles. The Morgan fingerprint density at radius 2 is 1.24 bits per heavy atom. The zero-order valence-corrected chi connectivity index (χ0v) is 18.4. The maximum atomic E-state index is 12.4. The molecule has 3 aromatic carbocycles. The molecule has 0 spiro atoms. The number of fused-ring (bicyclic) bond motifs is 2. The van der Waals surface area contributed by atoms with Crippen LogP contribution in [0.15, 0.2) is 46.9 Å². The highest BCUT2D eigenvalue weighted by Crippen LogP contribution is 2.44. The Hall–Kier alpha value is -2.40. The molecule has 0 unspecified atom stereocenters. The first-order valence-electron chi connectivity index (χ1n) is 10.1. The summed E-state index contributed by atoms with van der Waals surface area (Å²) in [4.78, 5) is 24.8. The van der Waals surface area contributed by atoms with E-state index in [4.69, 9.17) is 9.47 Å². The van der Waals surface area contributed by atoms with Gasteiger partial charge in [0.05, 0.1) is 0 Å². The molecule has 0 saturated heterocycles. The summed E-state index contributed by atoms with van der Waals surface area (Å²) >= 11 is 3.50. The van der Waals surface area contributed by atoms with E-state index in [1.165, 1.54) is 0 Å². The van der Waals surface area contributed by atoms with Gasteiger partial charge in [-0.1, -0.05) is 66.9 Å². The van der Waals surface area contributed by atoms with Gasteiger partial charge in [-0.2, -0.15) is 0 Å². The summed E-state index contributed by atoms with van der Waals surface area (Å²) in [5.41, 5.74) is 0. The summed E-state index contributed by atoms with van der Waals surface area (Å²) in [6.45, 7) is 4.08. The van der Waals surface area contributed by atoms with Crippen LogP contribution in [-0.4, -0.2) is 11.9 Å². The highest BCUT2D eigenvalue weighted by molar-refractivity contribution is 9.10. The average molecular weight is 457 g/mol. The fourth-order valence-electron chi connectivity index (χ4n) is 3.26. The van der Waals surface area contributed by atoms with Gasteiger partial charge in [0.25, 0.3) is 0 Å². The average Bonchev–Trinajstić information content (AvgIpc) is 2.72. The number of halogens is 1. The van der Waals surface area contributed by atoms with Crippen molar-refractivity contribution in [2.45, 2.75) is 52.4 Å². The number of carbonyl (C=O) groups is 2. The zero-order chi connectivity index (χ0) is 20.8. The van der Waals surface area contributed by atoms with Crippen molar-refractivity contribution in [3.63, 3.8) is 0 Å². The van der Waals surface area contributed by atoms with Crippen LogP contribution in [0.1, 0.15) is 52.4 Å². The smallest absolute Gasteiger partial charge is 0.311 e. The third-order valence-electron chi connectivity index (χ3n) is 4.79. The first-order valence-corrected chi connectivity index (χ1v) is 10.9. The van der Waals surface area contributed by atoms with Gasteiger partial charge in [-0.05, 0) is 31.0 Å². The fourth-order valence-corrected chi connectivity index (χ4v) is 3.62. The van der Waals surface area contributed by atoms with Crippen LogP contribution in [0, 0.1) is 0 Å². The van der Waals surface area contributed by atoms with Crippen molar-refractivity contribution in [1.82, 2.24) is 0 Å². The van der Waals surface area contributed by atoms with Crippen LogP contribution in [-0.2, 0) is 9.59 Å². The van der Waals surface area contributed by atoms with E-state index >= 15 is 0 Å². The molecule has 0 radical (unpaired) electrons. The van der Waals surface area contributed by atoms with Crippen LogP contribution in [0.25, 0.3) is 21.5 Å². The summed E-state index contributed by atoms with van der Waals surface area (Å²) in [6.07, 6.45) is 4.16. The molecule has 0 amide bonds. The monoisotopic (exact) mass is 456 g/mol. The number of hydrogen-bond donors (Lipinski definition) is 0. The van der Waals surface area contributed by atoms with Gasteiger partial charge in [0, 0.05) is 38.9 Å². The van der Waals surface area contributed by atoms with Gasteiger partial charge >= 0.3 is 11.9 Å². The Morgan fingerprint density at radius 3 is 1.76 bits per heavy atom. The van der Waals surface area contributed by atoms with Crippen LogP contribution < -0.4 is 9.47 Å². The van der Waals surface area contributed by atoms with Crippen molar-refractivity contribution in [3.05, 3.63) is 46.9 Å². The number of benzene rings is 3. The quantitative estimate of drug-likeness (QED) is 0.209. The second kappa shape index (κ2) is 9.88. The van der Waals surface area contributed by atoms with Gasteiger partial charge in [0.2, 0.25) is 0 Å². The van der Waals surface area contributed by atoms with Gasteiger partial charge in [-0.15, -0.1) is 0 Å². The molecule has 0 atom stereocenters. The largest absolute Gasteiger partial charge is 0.425 e. The molecule has 3 aromatic rings.